The number of nitrogens with zero attached hydrogens (tertiary/aromatic N) is 5. The summed E-state index contributed by atoms with van der Waals surface area (Å²) in [5.41, 5.74) is 11.3. The minimum atomic E-state index is -0.542. The largest absolute Gasteiger partial charge is 0.388 e. The van der Waals surface area contributed by atoms with Crippen molar-refractivity contribution < 1.29 is 14.4 Å². The van der Waals surface area contributed by atoms with E-state index in [1.165, 1.54) is 33.9 Å². The van der Waals surface area contributed by atoms with Crippen molar-refractivity contribution in [3.63, 3.8) is 0 Å². The molecule has 3 heterocycles. The van der Waals surface area contributed by atoms with Crippen LogP contribution in [0.5, 0.6) is 0 Å². The van der Waals surface area contributed by atoms with E-state index in [0.29, 0.717) is 0 Å². The number of amidine groups is 1. The maximum atomic E-state index is 12.6. The molecule has 0 aliphatic heterocycles. The number of aromatic nitrogens is 5. The van der Waals surface area contributed by atoms with Gasteiger partial charge < -0.3 is 27.4 Å². The van der Waals surface area contributed by atoms with Gasteiger partial charge in [0.2, 0.25) is 0 Å². The van der Waals surface area contributed by atoms with E-state index >= 15 is 0 Å². The summed E-state index contributed by atoms with van der Waals surface area (Å²) in [6.45, 7) is 0.206. The monoisotopic (exact) mass is 459 g/mol. The molecule has 0 atom stereocenters. The molecular formula is C17H21N11O3S. The van der Waals surface area contributed by atoms with Gasteiger partial charge in [0.05, 0.1) is 5.84 Å². The Morgan fingerprint density at radius 2 is 1.59 bits per heavy atom. The van der Waals surface area contributed by atoms with Gasteiger partial charge >= 0.3 is 0 Å². The van der Waals surface area contributed by atoms with Crippen molar-refractivity contribution in [2.45, 2.75) is 6.42 Å². The Bertz CT molecular complexity index is 1190. The number of hydrogen-bond donors (Lipinski definition) is 6. The van der Waals surface area contributed by atoms with Crippen LogP contribution in [-0.4, -0.2) is 54.6 Å². The fraction of sp³-hybridized carbons (Fsp3) is 0.235. The van der Waals surface area contributed by atoms with Crippen molar-refractivity contribution in [1.82, 2.24) is 29.9 Å². The number of rotatable bonds is 8. The Kier molecular flexibility index (Phi) is 6.48. The van der Waals surface area contributed by atoms with Gasteiger partial charge in [-0.25, -0.2) is 4.98 Å². The third-order valence-electron chi connectivity index (χ3n) is 4.14. The molecule has 32 heavy (non-hydrogen) atoms. The van der Waals surface area contributed by atoms with Crippen molar-refractivity contribution in [3.05, 3.63) is 34.6 Å². The van der Waals surface area contributed by atoms with E-state index in [0.717, 1.165) is 11.3 Å². The molecule has 8 N–H and O–H groups in total. The van der Waals surface area contributed by atoms with Crippen molar-refractivity contribution in [2.24, 2.45) is 19.8 Å². The lowest BCUT2D eigenvalue weighted by atomic mass is 10.3. The molecule has 0 spiro atoms. The molecule has 3 amide bonds. The lowest BCUT2D eigenvalue weighted by Gasteiger charge is -2.03. The van der Waals surface area contributed by atoms with Crippen LogP contribution in [0.3, 0.4) is 0 Å². The van der Waals surface area contributed by atoms with Gasteiger partial charge in [0.15, 0.2) is 16.8 Å². The summed E-state index contributed by atoms with van der Waals surface area (Å²) in [4.78, 5) is 41.0. The normalized spacial score (nSPS) is 10.6. The molecular weight excluding hydrogens is 438 g/mol. The van der Waals surface area contributed by atoms with Gasteiger partial charge in [0.1, 0.15) is 17.1 Å². The Balaban J connectivity index is 1.65. The summed E-state index contributed by atoms with van der Waals surface area (Å²) in [5, 5.41) is 24.9. The summed E-state index contributed by atoms with van der Waals surface area (Å²) < 4.78 is 2.60. The fourth-order valence-electron chi connectivity index (χ4n) is 2.64. The molecule has 0 bridgehead atoms. The second-order valence-corrected chi connectivity index (χ2v) is 7.48. The highest BCUT2D eigenvalue weighted by atomic mass is 32.1. The van der Waals surface area contributed by atoms with Crippen molar-refractivity contribution >= 4 is 51.7 Å². The molecule has 0 saturated carbocycles. The summed E-state index contributed by atoms with van der Waals surface area (Å²) in [6, 6.07) is 2.80. The van der Waals surface area contributed by atoms with Gasteiger partial charge in [-0.3, -0.25) is 29.2 Å². The zero-order chi connectivity index (χ0) is 23.4. The van der Waals surface area contributed by atoms with E-state index < -0.39 is 17.7 Å². The average Bonchev–Trinajstić information content (AvgIpc) is 3.40. The van der Waals surface area contributed by atoms with E-state index in [2.05, 4.69) is 31.1 Å². The molecule has 3 aromatic rings. The highest BCUT2D eigenvalue weighted by Crippen LogP contribution is 2.16. The first kappa shape index (κ1) is 22.4. The predicted octanol–water partition coefficient (Wildman–Crippen LogP) is -0.247. The third-order valence-corrected chi connectivity index (χ3v) is 4.82. The smallest absolute Gasteiger partial charge is 0.276 e. The van der Waals surface area contributed by atoms with Gasteiger partial charge in [0, 0.05) is 44.6 Å². The van der Waals surface area contributed by atoms with E-state index in [4.69, 9.17) is 16.9 Å². The standard InChI is InChI=1S/C17H21N11O3S/c1-27-9(15(30)21-4-3-11(18)19)5-13(26-27)24-16(31)10-6-12(25-28(10)2)23-14(29)8-7-32-17(20)22-8/h5-7H,3-4H2,1-2H3,(H3,18,19)(H2,20,22)(H,21,30)(H,23,25,29)(H,24,26,31). The number of nitrogens with one attached hydrogen (secondary N) is 4. The Morgan fingerprint density at radius 3 is 2.12 bits per heavy atom. The number of amides is 3. The van der Waals surface area contributed by atoms with Crippen molar-refractivity contribution in [1.29, 1.82) is 5.41 Å². The van der Waals surface area contributed by atoms with E-state index in [1.807, 2.05) is 0 Å². The number of carbonyl (C=O) groups excluding carboxylic acids is 3. The second-order valence-electron chi connectivity index (χ2n) is 6.59. The highest BCUT2D eigenvalue weighted by molar-refractivity contribution is 7.13. The first-order valence-electron chi connectivity index (χ1n) is 9.17. The lowest BCUT2D eigenvalue weighted by molar-refractivity contribution is 0.0943. The van der Waals surface area contributed by atoms with Crippen molar-refractivity contribution in [3.8, 4) is 0 Å². The molecule has 0 aromatic carbocycles. The first-order valence-corrected chi connectivity index (χ1v) is 10.0. The molecule has 15 heteroatoms. The zero-order valence-corrected chi connectivity index (χ0v) is 18.0. The van der Waals surface area contributed by atoms with E-state index in [1.54, 1.807) is 7.05 Å². The Labute approximate surface area is 185 Å². The SMILES string of the molecule is Cn1nc(NC(=O)c2cc(NC(=O)c3csc(N)n3)nn2C)cc1C(=O)NCCC(=N)N. The molecule has 0 unspecified atom stereocenters. The van der Waals surface area contributed by atoms with Crippen LogP contribution in [0.15, 0.2) is 17.5 Å². The second kappa shape index (κ2) is 9.25. The summed E-state index contributed by atoms with van der Waals surface area (Å²) in [5.74, 6) is -1.20. The minimum absolute atomic E-state index is 0.0364. The number of carbonyl (C=O) groups is 3. The van der Waals surface area contributed by atoms with Crippen LogP contribution in [0.25, 0.3) is 0 Å². The van der Waals surface area contributed by atoms with Gasteiger partial charge in [-0.1, -0.05) is 0 Å². The molecule has 0 saturated heterocycles. The zero-order valence-electron chi connectivity index (χ0n) is 17.2. The van der Waals surface area contributed by atoms with Gasteiger partial charge in [-0.15, -0.1) is 11.3 Å². The quantitative estimate of drug-likeness (QED) is 0.195. The lowest BCUT2D eigenvalue weighted by Crippen LogP contribution is -2.29. The molecule has 3 aromatic heterocycles. The minimum Gasteiger partial charge on any atom is -0.388 e. The van der Waals surface area contributed by atoms with E-state index in [9.17, 15) is 14.4 Å². The number of anilines is 3. The molecule has 0 aliphatic carbocycles. The maximum Gasteiger partial charge on any atom is 0.276 e. The van der Waals surface area contributed by atoms with Crippen LogP contribution in [-0.2, 0) is 14.1 Å². The Hall–Kier alpha value is -4.27. The van der Waals surface area contributed by atoms with E-state index in [-0.39, 0.29) is 52.7 Å². The maximum absolute atomic E-state index is 12.6. The number of nitrogen functional groups attached to an aromatic ring is 1. The van der Waals surface area contributed by atoms with Gasteiger partial charge in [0.25, 0.3) is 17.7 Å². The third kappa shape index (κ3) is 5.25. The molecule has 3 rings (SSSR count). The topological polar surface area (TPSA) is 212 Å². The molecule has 0 radical (unpaired) electrons. The van der Waals surface area contributed by atoms with Crippen LogP contribution in [0.1, 0.15) is 37.9 Å². The number of thiazole rings is 1. The van der Waals surface area contributed by atoms with Gasteiger partial charge in [-0.2, -0.15) is 10.2 Å². The molecule has 168 valence electrons. The van der Waals surface area contributed by atoms with Crippen LogP contribution in [0.4, 0.5) is 16.8 Å². The highest BCUT2D eigenvalue weighted by Gasteiger charge is 2.19. The molecule has 0 aliphatic rings. The molecule has 0 fully saturated rings. The summed E-state index contributed by atoms with van der Waals surface area (Å²) in [7, 11) is 3.09. The average molecular weight is 459 g/mol. The van der Waals surface area contributed by atoms with Crippen molar-refractivity contribution in [2.75, 3.05) is 22.9 Å². The van der Waals surface area contributed by atoms with Crippen LogP contribution < -0.4 is 27.4 Å². The predicted molar refractivity (Wildman–Crippen MR) is 118 cm³/mol. The number of nitrogens with two attached hydrogens (primary N) is 2. The van der Waals surface area contributed by atoms with Crippen LogP contribution in [0.2, 0.25) is 0 Å². The number of hydrogen-bond acceptors (Lipinski definition) is 9. The molecule has 14 nitrogen and oxygen atoms in total. The number of aryl methyl sites for hydroxylation is 2. The first-order chi connectivity index (χ1) is 15.1. The van der Waals surface area contributed by atoms with Crippen LogP contribution >= 0.6 is 11.3 Å². The Morgan fingerprint density at radius 1 is 1.03 bits per heavy atom. The van der Waals surface area contributed by atoms with Crippen LogP contribution in [0, 0.1) is 5.41 Å². The summed E-state index contributed by atoms with van der Waals surface area (Å²) in [6.07, 6.45) is 0.225. The fourth-order valence-corrected chi connectivity index (χ4v) is 3.18. The van der Waals surface area contributed by atoms with Gasteiger partial charge in [-0.05, 0) is 0 Å². The summed E-state index contributed by atoms with van der Waals surface area (Å²) >= 11 is 1.13.